The Morgan fingerprint density at radius 1 is 0.967 bits per heavy atom. The molecule has 0 aliphatic heterocycles. The molecule has 0 unspecified atom stereocenters. The molecule has 146 valence electrons. The van der Waals surface area contributed by atoms with Gasteiger partial charge in [-0.05, 0) is 35.8 Å². The van der Waals surface area contributed by atoms with Crippen LogP contribution in [-0.4, -0.2) is 38.2 Å². The van der Waals surface area contributed by atoms with E-state index >= 15 is 0 Å². The van der Waals surface area contributed by atoms with Crippen molar-refractivity contribution in [1.29, 1.82) is 0 Å². The average Bonchev–Trinajstić information content (AvgIpc) is 3.12. The van der Waals surface area contributed by atoms with E-state index in [-0.39, 0.29) is 11.0 Å². The second-order valence-corrected chi connectivity index (χ2v) is 7.05. The molecule has 7 nitrogen and oxygen atoms in total. The number of fused-ring (bicyclic) bond motifs is 4. The van der Waals surface area contributed by atoms with Crippen LogP contribution in [0.5, 0.6) is 0 Å². The van der Waals surface area contributed by atoms with Crippen LogP contribution >= 0.6 is 0 Å². The van der Waals surface area contributed by atoms with Crippen LogP contribution in [0.3, 0.4) is 0 Å². The van der Waals surface area contributed by atoms with Crippen molar-refractivity contribution >= 4 is 62.8 Å². The lowest BCUT2D eigenvalue weighted by molar-refractivity contribution is 0.0697. The normalized spacial score (nSPS) is 11.3. The lowest BCUT2D eigenvalue weighted by Crippen LogP contribution is -2.30. The molecule has 5 aromatic rings. The number of nitrogens with one attached hydrogen (secondary N) is 2. The van der Waals surface area contributed by atoms with Gasteiger partial charge in [-0.15, -0.1) is 0 Å². The van der Waals surface area contributed by atoms with Gasteiger partial charge in [0.1, 0.15) is 0 Å². The zero-order chi connectivity index (χ0) is 20.8. The Hall–Kier alpha value is -3.88. The Bertz CT molecular complexity index is 1450. The molecule has 0 fully saturated rings. The largest absolute Gasteiger partial charge is 0.488 e. The Kier molecular flexibility index (Phi) is 4.16. The van der Waals surface area contributed by atoms with E-state index in [4.69, 9.17) is 4.98 Å². The number of aromatic carboxylic acids is 1. The number of nitrogens with zero attached hydrogens (tertiary/aromatic N) is 1. The third-order valence-electron chi connectivity index (χ3n) is 5.10. The zero-order valence-electron chi connectivity index (χ0n) is 15.6. The van der Waals surface area contributed by atoms with Crippen molar-refractivity contribution in [2.45, 2.75) is 0 Å². The summed E-state index contributed by atoms with van der Waals surface area (Å²) < 4.78 is 0. The summed E-state index contributed by atoms with van der Waals surface area (Å²) in [5, 5.41) is 33.7. The molecule has 0 spiro atoms. The standard InChI is InChI=1S/C22H16BN3O4/c27-22(28)12-9-13(23(29)30)11-14(10-12)24-19-15-5-1-3-7-17(15)25-20-16-6-2-4-8-18(16)26-21(19)20/h1-11,26,29-30H,(H,24,25)(H,27,28). The quantitative estimate of drug-likeness (QED) is 0.298. The first-order chi connectivity index (χ1) is 14.5. The number of rotatable bonds is 4. The number of para-hydroxylation sites is 2. The first kappa shape index (κ1) is 18.2. The molecular formula is C22H16BN3O4. The van der Waals surface area contributed by atoms with E-state index in [1.54, 1.807) is 0 Å². The number of hydrogen-bond acceptors (Lipinski definition) is 5. The van der Waals surface area contributed by atoms with Crippen LogP contribution in [0.4, 0.5) is 11.4 Å². The van der Waals surface area contributed by atoms with Crippen molar-refractivity contribution in [3.05, 3.63) is 72.3 Å². The minimum absolute atomic E-state index is 0.0469. The third kappa shape index (κ3) is 2.95. The van der Waals surface area contributed by atoms with Crippen LogP contribution in [0, 0.1) is 0 Å². The first-order valence-corrected chi connectivity index (χ1v) is 9.32. The Morgan fingerprint density at radius 2 is 1.70 bits per heavy atom. The number of pyridine rings is 1. The Morgan fingerprint density at radius 3 is 2.47 bits per heavy atom. The molecule has 5 N–H and O–H groups in total. The summed E-state index contributed by atoms with van der Waals surface area (Å²) in [6, 6.07) is 19.7. The van der Waals surface area contributed by atoms with Gasteiger partial charge in [-0.25, -0.2) is 9.78 Å². The highest BCUT2D eigenvalue weighted by atomic mass is 16.4. The van der Waals surface area contributed by atoms with E-state index in [1.807, 2.05) is 48.5 Å². The van der Waals surface area contributed by atoms with Gasteiger partial charge in [0.25, 0.3) is 0 Å². The number of carboxylic acids is 1. The number of hydrogen-bond donors (Lipinski definition) is 5. The van der Waals surface area contributed by atoms with E-state index < -0.39 is 13.1 Å². The number of carbonyl (C=O) groups is 1. The fourth-order valence-corrected chi connectivity index (χ4v) is 3.73. The zero-order valence-corrected chi connectivity index (χ0v) is 15.6. The Balaban J connectivity index is 1.78. The highest BCUT2D eigenvalue weighted by Gasteiger charge is 2.18. The van der Waals surface area contributed by atoms with E-state index in [0.29, 0.717) is 5.69 Å². The van der Waals surface area contributed by atoms with E-state index in [2.05, 4.69) is 10.3 Å². The number of benzene rings is 3. The number of anilines is 2. The molecule has 0 saturated carbocycles. The Labute approximate surface area is 170 Å². The summed E-state index contributed by atoms with van der Waals surface area (Å²) in [5.41, 5.74) is 4.49. The van der Waals surface area contributed by atoms with Crippen molar-refractivity contribution in [2.75, 3.05) is 5.32 Å². The molecule has 30 heavy (non-hydrogen) atoms. The summed E-state index contributed by atoms with van der Waals surface area (Å²) in [4.78, 5) is 19.7. The lowest BCUT2D eigenvalue weighted by Gasteiger charge is -2.13. The average molecular weight is 397 g/mol. The van der Waals surface area contributed by atoms with E-state index in [1.165, 1.54) is 18.2 Å². The minimum Gasteiger partial charge on any atom is -0.478 e. The van der Waals surface area contributed by atoms with Gasteiger partial charge in [0.15, 0.2) is 0 Å². The van der Waals surface area contributed by atoms with Gasteiger partial charge in [0, 0.05) is 22.0 Å². The topological polar surface area (TPSA) is 118 Å². The molecule has 0 saturated heterocycles. The SMILES string of the molecule is O=C(O)c1cc(Nc2c3ccccc3nc3c2[nH]c2ccccc23)cc(B(O)O)c1. The molecule has 0 aliphatic rings. The summed E-state index contributed by atoms with van der Waals surface area (Å²) in [6.07, 6.45) is 0. The molecule has 8 heteroatoms. The summed E-state index contributed by atoms with van der Waals surface area (Å²) in [7, 11) is -1.79. The van der Waals surface area contributed by atoms with Crippen molar-refractivity contribution in [1.82, 2.24) is 9.97 Å². The van der Waals surface area contributed by atoms with Crippen LogP contribution in [-0.2, 0) is 0 Å². The van der Waals surface area contributed by atoms with Gasteiger partial charge in [-0.2, -0.15) is 0 Å². The maximum atomic E-state index is 11.5. The van der Waals surface area contributed by atoms with Gasteiger partial charge in [0.2, 0.25) is 0 Å². The molecule has 0 bridgehead atoms. The van der Waals surface area contributed by atoms with Crippen molar-refractivity contribution in [3.63, 3.8) is 0 Å². The van der Waals surface area contributed by atoms with Crippen LogP contribution in [0.1, 0.15) is 10.4 Å². The van der Waals surface area contributed by atoms with Crippen molar-refractivity contribution < 1.29 is 19.9 Å². The number of carboxylic acid groups (broad SMARTS) is 1. The van der Waals surface area contributed by atoms with Gasteiger partial charge in [-0.1, -0.05) is 36.4 Å². The molecular weight excluding hydrogens is 381 g/mol. The number of aromatic nitrogens is 2. The number of aromatic amines is 1. The van der Waals surface area contributed by atoms with Crippen LogP contribution in [0.2, 0.25) is 0 Å². The minimum atomic E-state index is -1.79. The maximum Gasteiger partial charge on any atom is 0.488 e. The smallest absolute Gasteiger partial charge is 0.478 e. The summed E-state index contributed by atoms with van der Waals surface area (Å²) in [6.45, 7) is 0. The second-order valence-electron chi connectivity index (χ2n) is 7.05. The molecule has 0 radical (unpaired) electrons. The summed E-state index contributed by atoms with van der Waals surface area (Å²) in [5.74, 6) is -1.16. The third-order valence-corrected chi connectivity index (χ3v) is 5.10. The van der Waals surface area contributed by atoms with Gasteiger partial charge in [-0.3, -0.25) is 0 Å². The second kappa shape index (κ2) is 6.87. The van der Waals surface area contributed by atoms with Crippen LogP contribution in [0.25, 0.3) is 32.8 Å². The van der Waals surface area contributed by atoms with Crippen molar-refractivity contribution in [3.8, 4) is 0 Å². The monoisotopic (exact) mass is 397 g/mol. The molecule has 3 aromatic carbocycles. The molecule has 5 rings (SSSR count). The first-order valence-electron chi connectivity index (χ1n) is 9.32. The van der Waals surface area contributed by atoms with Crippen LogP contribution < -0.4 is 10.8 Å². The number of H-pyrrole nitrogens is 1. The van der Waals surface area contributed by atoms with E-state index in [9.17, 15) is 19.9 Å². The lowest BCUT2D eigenvalue weighted by atomic mass is 9.79. The van der Waals surface area contributed by atoms with Gasteiger partial charge < -0.3 is 25.5 Å². The predicted octanol–water partition coefficient (Wildman–Crippen LogP) is 2.99. The highest BCUT2D eigenvalue weighted by Crippen LogP contribution is 2.36. The molecule has 2 heterocycles. The fourth-order valence-electron chi connectivity index (χ4n) is 3.73. The van der Waals surface area contributed by atoms with E-state index in [0.717, 1.165) is 38.5 Å². The van der Waals surface area contributed by atoms with Crippen LogP contribution in [0.15, 0.2) is 66.7 Å². The summed E-state index contributed by atoms with van der Waals surface area (Å²) >= 11 is 0. The van der Waals surface area contributed by atoms with Gasteiger partial charge >= 0.3 is 13.1 Å². The molecule has 2 aromatic heterocycles. The predicted molar refractivity (Wildman–Crippen MR) is 118 cm³/mol. The van der Waals surface area contributed by atoms with Gasteiger partial charge in [0.05, 0.1) is 27.8 Å². The molecule has 0 aliphatic carbocycles. The van der Waals surface area contributed by atoms with Crippen molar-refractivity contribution in [2.24, 2.45) is 0 Å². The molecule has 0 amide bonds. The molecule has 0 atom stereocenters. The fraction of sp³-hybridized carbons (Fsp3) is 0. The maximum absolute atomic E-state index is 11.5. The highest BCUT2D eigenvalue weighted by molar-refractivity contribution is 6.58.